The number of hydrogen-bond acceptors (Lipinski definition) is 4. The van der Waals surface area contributed by atoms with Crippen molar-refractivity contribution in [3.63, 3.8) is 0 Å². The minimum atomic E-state index is -0.546. The third-order valence-electron chi connectivity index (χ3n) is 4.58. The fraction of sp³-hybridized carbons (Fsp3) is 0.238. The topological polar surface area (TPSA) is 82.7 Å². The van der Waals surface area contributed by atoms with Gasteiger partial charge in [0.25, 0.3) is 5.91 Å². The molecule has 1 unspecified atom stereocenters. The van der Waals surface area contributed by atoms with Crippen LogP contribution in [0.5, 0.6) is 5.75 Å². The van der Waals surface area contributed by atoms with Gasteiger partial charge >= 0.3 is 6.03 Å². The maximum atomic E-state index is 13.0. The number of urea groups is 1. The Morgan fingerprint density at radius 1 is 1.14 bits per heavy atom. The Kier molecular flexibility index (Phi) is 5.54. The Hall–Kier alpha value is -3.48. The van der Waals surface area contributed by atoms with Crippen LogP contribution in [0.25, 0.3) is 0 Å². The normalized spacial score (nSPS) is 16.1. The molecule has 146 valence electrons. The van der Waals surface area contributed by atoms with Crippen molar-refractivity contribution in [2.45, 2.75) is 13.0 Å². The molecule has 1 aliphatic heterocycles. The SMILES string of the molecule is COc1cccc(NC(=O)C2=C(C)NC(=O)NC2c2ccc(N(C)C)cc2)c1. The number of hydrogen-bond donors (Lipinski definition) is 3. The summed E-state index contributed by atoms with van der Waals surface area (Å²) in [5.74, 6) is 0.356. The first-order valence-electron chi connectivity index (χ1n) is 8.90. The number of nitrogens with zero attached hydrogens (tertiary/aromatic N) is 1. The Morgan fingerprint density at radius 3 is 2.50 bits per heavy atom. The molecule has 1 aliphatic rings. The van der Waals surface area contributed by atoms with Crippen LogP contribution in [-0.2, 0) is 4.79 Å². The molecule has 0 radical (unpaired) electrons. The third kappa shape index (κ3) is 4.09. The lowest BCUT2D eigenvalue weighted by Gasteiger charge is -2.29. The molecule has 2 aromatic rings. The predicted octanol–water partition coefficient (Wildman–Crippen LogP) is 3.03. The number of carbonyl (C=O) groups excluding carboxylic acids is 2. The summed E-state index contributed by atoms with van der Waals surface area (Å²) in [5.41, 5.74) is 3.46. The van der Waals surface area contributed by atoms with E-state index < -0.39 is 6.04 Å². The van der Waals surface area contributed by atoms with Crippen LogP contribution in [0, 0.1) is 0 Å². The van der Waals surface area contributed by atoms with Gasteiger partial charge in [-0.3, -0.25) is 4.79 Å². The van der Waals surface area contributed by atoms with E-state index in [2.05, 4.69) is 16.0 Å². The van der Waals surface area contributed by atoms with E-state index in [-0.39, 0.29) is 11.9 Å². The summed E-state index contributed by atoms with van der Waals surface area (Å²) < 4.78 is 5.20. The van der Waals surface area contributed by atoms with Crippen molar-refractivity contribution >= 4 is 23.3 Å². The summed E-state index contributed by atoms with van der Waals surface area (Å²) in [5, 5.41) is 8.41. The maximum Gasteiger partial charge on any atom is 0.319 e. The van der Waals surface area contributed by atoms with Gasteiger partial charge in [0.15, 0.2) is 0 Å². The number of carbonyl (C=O) groups is 2. The van der Waals surface area contributed by atoms with Crippen LogP contribution in [0.2, 0.25) is 0 Å². The fourth-order valence-corrected chi connectivity index (χ4v) is 3.11. The largest absolute Gasteiger partial charge is 0.497 e. The van der Waals surface area contributed by atoms with Gasteiger partial charge in [0.1, 0.15) is 5.75 Å². The van der Waals surface area contributed by atoms with Gasteiger partial charge in [-0.25, -0.2) is 4.79 Å². The van der Waals surface area contributed by atoms with Crippen molar-refractivity contribution < 1.29 is 14.3 Å². The molecule has 3 N–H and O–H groups in total. The van der Waals surface area contributed by atoms with E-state index in [4.69, 9.17) is 4.74 Å². The second kappa shape index (κ2) is 8.04. The second-order valence-electron chi connectivity index (χ2n) is 6.74. The van der Waals surface area contributed by atoms with Crippen LogP contribution >= 0.6 is 0 Å². The summed E-state index contributed by atoms with van der Waals surface area (Å²) in [4.78, 5) is 27.1. The molecule has 3 amide bonds. The lowest BCUT2D eigenvalue weighted by Crippen LogP contribution is -2.45. The molecule has 1 heterocycles. The number of anilines is 2. The van der Waals surface area contributed by atoms with E-state index in [0.29, 0.717) is 22.7 Å². The molecule has 0 aromatic heterocycles. The van der Waals surface area contributed by atoms with Crippen LogP contribution in [-0.4, -0.2) is 33.1 Å². The number of rotatable bonds is 5. The summed E-state index contributed by atoms with van der Waals surface area (Å²) in [7, 11) is 5.48. The summed E-state index contributed by atoms with van der Waals surface area (Å²) in [6.07, 6.45) is 0. The molecule has 1 atom stereocenters. The van der Waals surface area contributed by atoms with Crippen LogP contribution in [0.3, 0.4) is 0 Å². The van der Waals surface area contributed by atoms with Gasteiger partial charge in [0.2, 0.25) is 0 Å². The molecule has 7 heteroatoms. The van der Waals surface area contributed by atoms with Crippen molar-refractivity contribution in [2.75, 3.05) is 31.4 Å². The van der Waals surface area contributed by atoms with Crippen LogP contribution in [0.4, 0.5) is 16.2 Å². The molecule has 3 rings (SSSR count). The minimum Gasteiger partial charge on any atom is -0.497 e. The average Bonchev–Trinajstić information content (AvgIpc) is 2.67. The first kappa shape index (κ1) is 19.3. The predicted molar refractivity (Wildman–Crippen MR) is 110 cm³/mol. The Bertz CT molecular complexity index is 920. The first-order chi connectivity index (χ1) is 13.4. The van der Waals surface area contributed by atoms with E-state index in [9.17, 15) is 9.59 Å². The Balaban J connectivity index is 1.91. The minimum absolute atomic E-state index is 0.292. The highest BCUT2D eigenvalue weighted by molar-refractivity contribution is 6.06. The highest BCUT2D eigenvalue weighted by Gasteiger charge is 2.31. The zero-order chi connectivity index (χ0) is 20.3. The number of amides is 3. The quantitative estimate of drug-likeness (QED) is 0.745. The van der Waals surface area contributed by atoms with Gasteiger partial charge in [-0.1, -0.05) is 18.2 Å². The standard InChI is InChI=1S/C21H24N4O3/c1-13-18(20(26)23-15-6-5-7-17(12-15)28-4)19(24-21(27)22-13)14-8-10-16(11-9-14)25(2)3/h5-12,19H,1-4H3,(H,23,26)(H2,22,24,27). The summed E-state index contributed by atoms with van der Waals surface area (Å²) >= 11 is 0. The van der Waals surface area contributed by atoms with Crippen LogP contribution in [0.1, 0.15) is 18.5 Å². The highest BCUT2D eigenvalue weighted by atomic mass is 16.5. The monoisotopic (exact) mass is 380 g/mol. The van der Waals surface area contributed by atoms with Crippen molar-refractivity contribution in [1.29, 1.82) is 0 Å². The van der Waals surface area contributed by atoms with E-state index in [1.54, 1.807) is 38.3 Å². The average molecular weight is 380 g/mol. The van der Waals surface area contributed by atoms with E-state index in [0.717, 1.165) is 11.3 Å². The number of methoxy groups -OCH3 is 1. The molecule has 0 spiro atoms. The molecular formula is C21H24N4O3. The number of nitrogens with one attached hydrogen (secondary N) is 3. The van der Waals surface area contributed by atoms with E-state index in [1.807, 2.05) is 43.3 Å². The molecule has 28 heavy (non-hydrogen) atoms. The van der Waals surface area contributed by atoms with Gasteiger partial charge in [-0.15, -0.1) is 0 Å². The lowest BCUT2D eigenvalue weighted by molar-refractivity contribution is -0.113. The smallest absolute Gasteiger partial charge is 0.319 e. The van der Waals surface area contributed by atoms with Crippen LogP contribution < -0.4 is 25.6 Å². The van der Waals surface area contributed by atoms with Gasteiger partial charge in [0.05, 0.1) is 18.7 Å². The number of benzene rings is 2. The van der Waals surface area contributed by atoms with Gasteiger partial charge in [-0.05, 0) is 36.8 Å². The highest BCUT2D eigenvalue weighted by Crippen LogP contribution is 2.29. The summed E-state index contributed by atoms with van der Waals surface area (Å²) in [6.45, 7) is 1.72. The van der Waals surface area contributed by atoms with E-state index >= 15 is 0 Å². The van der Waals surface area contributed by atoms with Gasteiger partial charge in [0, 0.05) is 37.2 Å². The fourth-order valence-electron chi connectivity index (χ4n) is 3.11. The van der Waals surface area contributed by atoms with Gasteiger partial charge in [-0.2, -0.15) is 0 Å². The first-order valence-corrected chi connectivity index (χ1v) is 8.90. The lowest BCUT2D eigenvalue weighted by atomic mass is 9.94. The van der Waals surface area contributed by atoms with Crippen LogP contribution in [0.15, 0.2) is 59.8 Å². The molecule has 7 nitrogen and oxygen atoms in total. The Labute approximate surface area is 164 Å². The molecular weight excluding hydrogens is 356 g/mol. The van der Waals surface area contributed by atoms with Crippen molar-refractivity contribution in [3.05, 3.63) is 65.4 Å². The zero-order valence-electron chi connectivity index (χ0n) is 16.4. The second-order valence-corrected chi connectivity index (χ2v) is 6.74. The summed E-state index contributed by atoms with van der Waals surface area (Å²) in [6, 6.07) is 14.0. The van der Waals surface area contributed by atoms with Crippen molar-refractivity contribution in [1.82, 2.24) is 10.6 Å². The number of ether oxygens (including phenoxy) is 1. The molecule has 0 saturated carbocycles. The Morgan fingerprint density at radius 2 is 1.86 bits per heavy atom. The van der Waals surface area contributed by atoms with Gasteiger partial charge < -0.3 is 25.6 Å². The molecule has 0 bridgehead atoms. The van der Waals surface area contributed by atoms with E-state index in [1.165, 1.54) is 0 Å². The number of allylic oxidation sites excluding steroid dienone is 1. The third-order valence-corrected chi connectivity index (χ3v) is 4.58. The maximum absolute atomic E-state index is 13.0. The molecule has 2 aromatic carbocycles. The van der Waals surface area contributed by atoms with Crippen molar-refractivity contribution in [2.24, 2.45) is 0 Å². The van der Waals surface area contributed by atoms with Crippen molar-refractivity contribution in [3.8, 4) is 5.75 Å². The molecule has 0 aliphatic carbocycles. The molecule has 0 saturated heterocycles. The molecule has 0 fully saturated rings. The zero-order valence-corrected chi connectivity index (χ0v) is 16.4.